The van der Waals surface area contributed by atoms with Gasteiger partial charge in [0, 0.05) is 0 Å². The molecule has 1 atom stereocenters. The number of aromatic nitrogens is 1. The first-order valence-corrected chi connectivity index (χ1v) is 8.97. The Morgan fingerprint density at radius 2 is 1.93 bits per heavy atom. The smallest absolute Gasteiger partial charge is 0.424 e. The number of carbonyl (C=O) groups excluding carboxylic acids is 1. The van der Waals surface area contributed by atoms with Crippen LogP contribution in [0.25, 0.3) is 11.1 Å². The molecule has 0 radical (unpaired) electrons. The lowest BCUT2D eigenvalue weighted by Gasteiger charge is -2.19. The molecule has 0 aliphatic carbocycles. The van der Waals surface area contributed by atoms with Gasteiger partial charge in [-0.3, -0.25) is 4.79 Å². The summed E-state index contributed by atoms with van der Waals surface area (Å²) in [6.45, 7) is 3.40. The second-order valence-corrected chi connectivity index (χ2v) is 6.35. The van der Waals surface area contributed by atoms with Gasteiger partial charge < -0.3 is 19.4 Å². The van der Waals surface area contributed by atoms with Crippen LogP contribution >= 0.6 is 0 Å². The van der Waals surface area contributed by atoms with Gasteiger partial charge in [0.05, 0.1) is 24.9 Å². The van der Waals surface area contributed by atoms with Crippen molar-refractivity contribution in [1.82, 2.24) is 4.57 Å². The third-order valence-corrected chi connectivity index (χ3v) is 4.35. The van der Waals surface area contributed by atoms with E-state index in [-0.39, 0.29) is 12.5 Å². The van der Waals surface area contributed by atoms with Gasteiger partial charge in [0.2, 0.25) is 0 Å². The number of amides is 1. The fraction of sp³-hybridized carbons (Fsp3) is 0.300. The Morgan fingerprint density at radius 1 is 1.19 bits per heavy atom. The highest BCUT2D eigenvalue weighted by molar-refractivity contribution is 5.92. The van der Waals surface area contributed by atoms with E-state index in [1.807, 2.05) is 37.3 Å². The second-order valence-electron chi connectivity index (χ2n) is 6.35. The number of anilines is 1. The van der Waals surface area contributed by atoms with E-state index in [0.717, 1.165) is 23.4 Å². The summed E-state index contributed by atoms with van der Waals surface area (Å²) in [5.41, 5.74) is 1.92. The fourth-order valence-electron chi connectivity index (χ4n) is 3.13. The number of oxazole rings is 1. The molecule has 27 heavy (non-hydrogen) atoms. The molecule has 0 spiro atoms. The first kappa shape index (κ1) is 18.7. The number of quaternary nitrogens is 1. The van der Waals surface area contributed by atoms with Crippen molar-refractivity contribution in [3.05, 3.63) is 59.1 Å². The number of methoxy groups -OCH3 is 1. The molecule has 2 aromatic carbocycles. The molecule has 3 rings (SSSR count). The van der Waals surface area contributed by atoms with Crippen LogP contribution in [0.4, 0.5) is 5.69 Å². The fourth-order valence-corrected chi connectivity index (χ4v) is 3.13. The summed E-state index contributed by atoms with van der Waals surface area (Å²) in [4.78, 5) is 25.7. The Labute approximate surface area is 157 Å². The molecule has 2 N–H and O–H groups in total. The van der Waals surface area contributed by atoms with Crippen molar-refractivity contribution in [3.63, 3.8) is 0 Å². The molecule has 7 heteroatoms. The van der Waals surface area contributed by atoms with Crippen LogP contribution in [0.2, 0.25) is 0 Å². The van der Waals surface area contributed by atoms with Crippen LogP contribution in [0.5, 0.6) is 5.75 Å². The highest BCUT2D eigenvalue weighted by Gasteiger charge is 2.19. The topological polar surface area (TPSA) is 77.9 Å². The molecule has 1 aromatic heterocycles. The van der Waals surface area contributed by atoms with E-state index in [1.165, 1.54) is 0 Å². The Bertz CT molecular complexity index is 977. The third-order valence-electron chi connectivity index (χ3n) is 4.35. The van der Waals surface area contributed by atoms with Gasteiger partial charge in [-0.1, -0.05) is 31.2 Å². The number of rotatable bonds is 8. The van der Waals surface area contributed by atoms with E-state index in [4.69, 9.17) is 9.15 Å². The molecular weight excluding hydrogens is 346 g/mol. The van der Waals surface area contributed by atoms with Gasteiger partial charge in [0.15, 0.2) is 18.8 Å². The number of para-hydroxylation sites is 4. The molecule has 0 fully saturated rings. The highest BCUT2D eigenvalue weighted by atomic mass is 16.5. The quantitative estimate of drug-likeness (QED) is 0.630. The number of benzene rings is 2. The molecule has 3 aromatic rings. The molecule has 1 heterocycles. The Kier molecular flexibility index (Phi) is 5.93. The largest absolute Gasteiger partial charge is 0.495 e. The summed E-state index contributed by atoms with van der Waals surface area (Å²) in [7, 11) is 1.57. The highest BCUT2D eigenvalue weighted by Crippen LogP contribution is 2.22. The van der Waals surface area contributed by atoms with Crippen LogP contribution in [0.15, 0.2) is 57.7 Å². The monoisotopic (exact) mass is 370 g/mol. The maximum atomic E-state index is 12.5. The van der Waals surface area contributed by atoms with Gasteiger partial charge in [-0.05, 0) is 30.7 Å². The zero-order valence-electron chi connectivity index (χ0n) is 15.5. The van der Waals surface area contributed by atoms with Crippen LogP contribution in [-0.2, 0) is 11.5 Å². The molecule has 1 amide bonds. The van der Waals surface area contributed by atoms with Gasteiger partial charge in [-0.15, -0.1) is 0 Å². The molecule has 0 aliphatic heterocycles. The maximum absolute atomic E-state index is 12.5. The average molecular weight is 370 g/mol. The minimum atomic E-state index is -0.407. The number of ether oxygens (including phenoxy) is 1. The SMILES string of the molecule is CCC[NH+](CC(=O)Nc1ccccc1OC)Cn1c(=O)oc2ccccc21. The van der Waals surface area contributed by atoms with E-state index < -0.39 is 5.76 Å². The number of fused-ring (bicyclic) bond motifs is 1. The van der Waals surface area contributed by atoms with E-state index >= 15 is 0 Å². The molecule has 0 bridgehead atoms. The van der Waals surface area contributed by atoms with E-state index in [9.17, 15) is 9.59 Å². The van der Waals surface area contributed by atoms with Crippen LogP contribution in [0.3, 0.4) is 0 Å². The van der Waals surface area contributed by atoms with Crippen molar-refractivity contribution in [3.8, 4) is 5.75 Å². The number of hydrogen-bond acceptors (Lipinski definition) is 4. The van der Waals surface area contributed by atoms with Gasteiger partial charge >= 0.3 is 5.76 Å². The number of carbonyl (C=O) groups is 1. The second kappa shape index (κ2) is 8.55. The van der Waals surface area contributed by atoms with Crippen molar-refractivity contribution < 1.29 is 18.8 Å². The number of hydrogen-bond donors (Lipinski definition) is 2. The molecular formula is C20H24N3O4+. The number of nitrogens with zero attached hydrogens (tertiary/aromatic N) is 1. The van der Waals surface area contributed by atoms with Crippen molar-refractivity contribution in [2.24, 2.45) is 0 Å². The first-order valence-electron chi connectivity index (χ1n) is 8.97. The average Bonchev–Trinajstić information content (AvgIpc) is 2.98. The molecule has 142 valence electrons. The van der Waals surface area contributed by atoms with Gasteiger partial charge in [0.25, 0.3) is 5.91 Å². The Balaban J connectivity index is 1.74. The van der Waals surface area contributed by atoms with Crippen LogP contribution < -0.4 is 20.7 Å². The minimum Gasteiger partial charge on any atom is -0.495 e. The van der Waals surface area contributed by atoms with Crippen LogP contribution in [0, 0.1) is 0 Å². The molecule has 7 nitrogen and oxygen atoms in total. The lowest BCUT2D eigenvalue weighted by Crippen LogP contribution is -3.12. The Hall–Kier alpha value is -3.06. The molecule has 0 aliphatic rings. The summed E-state index contributed by atoms with van der Waals surface area (Å²) < 4.78 is 12.1. The minimum absolute atomic E-state index is 0.135. The summed E-state index contributed by atoms with van der Waals surface area (Å²) in [5.74, 6) is 0.0682. The predicted octanol–water partition coefficient (Wildman–Crippen LogP) is 1.49. The predicted molar refractivity (Wildman–Crippen MR) is 103 cm³/mol. The molecule has 0 saturated heterocycles. The zero-order chi connectivity index (χ0) is 19.2. The zero-order valence-corrected chi connectivity index (χ0v) is 15.5. The Morgan fingerprint density at radius 3 is 2.70 bits per heavy atom. The first-order chi connectivity index (χ1) is 13.1. The van der Waals surface area contributed by atoms with E-state index in [1.54, 1.807) is 29.9 Å². The van der Waals surface area contributed by atoms with Gasteiger partial charge in [0.1, 0.15) is 5.75 Å². The van der Waals surface area contributed by atoms with Gasteiger partial charge in [-0.2, -0.15) is 0 Å². The van der Waals surface area contributed by atoms with E-state index in [0.29, 0.717) is 23.7 Å². The molecule has 0 saturated carbocycles. The standard InChI is InChI=1S/C20H23N3O4/c1-3-12-22(13-19(24)21-15-8-4-6-10-17(15)26-2)14-23-16-9-5-7-11-18(16)27-20(23)25/h4-11H,3,12-14H2,1-2H3,(H,21,24)/p+1. The van der Waals surface area contributed by atoms with Gasteiger partial charge in [-0.25, -0.2) is 9.36 Å². The summed E-state index contributed by atoms with van der Waals surface area (Å²) >= 11 is 0. The third kappa shape index (κ3) is 4.38. The van der Waals surface area contributed by atoms with Crippen LogP contribution in [-0.4, -0.2) is 30.7 Å². The van der Waals surface area contributed by atoms with Crippen molar-refractivity contribution in [2.45, 2.75) is 20.0 Å². The lowest BCUT2D eigenvalue weighted by atomic mass is 10.3. The van der Waals surface area contributed by atoms with Crippen LogP contribution in [0.1, 0.15) is 13.3 Å². The summed E-state index contributed by atoms with van der Waals surface area (Å²) in [6, 6.07) is 14.6. The maximum Gasteiger partial charge on any atom is 0.424 e. The summed E-state index contributed by atoms with van der Waals surface area (Å²) in [6.07, 6.45) is 0.891. The van der Waals surface area contributed by atoms with Crippen molar-refractivity contribution in [2.75, 3.05) is 25.5 Å². The lowest BCUT2D eigenvalue weighted by molar-refractivity contribution is -0.914. The van der Waals surface area contributed by atoms with Crippen molar-refractivity contribution in [1.29, 1.82) is 0 Å². The van der Waals surface area contributed by atoms with E-state index in [2.05, 4.69) is 5.32 Å². The normalized spacial score (nSPS) is 12.1. The molecule has 1 unspecified atom stereocenters. The summed E-state index contributed by atoms with van der Waals surface area (Å²) in [5, 5.41) is 2.89. The van der Waals surface area contributed by atoms with Crippen molar-refractivity contribution >= 4 is 22.7 Å². The number of nitrogens with one attached hydrogen (secondary N) is 2.